The van der Waals surface area contributed by atoms with Crippen molar-refractivity contribution in [2.75, 3.05) is 0 Å². The van der Waals surface area contributed by atoms with Gasteiger partial charge in [0.25, 0.3) is 0 Å². The van der Waals surface area contributed by atoms with Crippen LogP contribution in [0.4, 0.5) is 0 Å². The molecule has 88 valence electrons. The fourth-order valence-corrected chi connectivity index (χ4v) is 1.81. The fraction of sp³-hybridized carbons (Fsp3) is 0.333. The average molecular weight is 237 g/mol. The zero-order valence-corrected chi connectivity index (χ0v) is 11.6. The van der Waals surface area contributed by atoms with Crippen LogP contribution in [-0.2, 0) is 0 Å². The number of aryl methyl sites for hydroxylation is 1. The van der Waals surface area contributed by atoms with Crippen molar-refractivity contribution in [3.05, 3.63) is 47.0 Å². The van der Waals surface area contributed by atoms with Crippen molar-refractivity contribution in [2.24, 2.45) is 0 Å². The second-order valence-electron chi connectivity index (χ2n) is 2.91. The first-order valence-electron chi connectivity index (χ1n) is 5.93. The Hall–Kier alpha value is -1.01. The molecule has 0 atom stereocenters. The summed E-state index contributed by atoms with van der Waals surface area (Å²) in [4.78, 5) is 0. The first-order valence-corrected chi connectivity index (χ1v) is 6.30. The number of fused-ring (bicyclic) bond motifs is 1. The Morgan fingerprint density at radius 1 is 0.812 bits per heavy atom. The molecule has 0 heterocycles. The molecule has 0 radical (unpaired) electrons. The van der Waals surface area contributed by atoms with E-state index in [9.17, 15) is 0 Å². The minimum Gasteiger partial charge on any atom is -0.0837 e. The Labute approximate surface area is 104 Å². The van der Waals surface area contributed by atoms with Crippen LogP contribution in [0.15, 0.2) is 36.4 Å². The second kappa shape index (κ2) is 8.18. The van der Waals surface area contributed by atoms with Crippen LogP contribution in [0.3, 0.4) is 0 Å². The van der Waals surface area contributed by atoms with Crippen molar-refractivity contribution in [2.45, 2.75) is 34.6 Å². The van der Waals surface area contributed by atoms with Gasteiger partial charge in [-0.05, 0) is 23.9 Å². The highest BCUT2D eigenvalue weighted by Crippen LogP contribution is 2.25. The molecule has 0 unspecified atom stereocenters. The monoisotopic (exact) mass is 236 g/mol. The summed E-state index contributed by atoms with van der Waals surface area (Å²) >= 11 is 6.06. The Morgan fingerprint density at radius 3 is 1.81 bits per heavy atom. The SMILES string of the molecule is CC.CC.Cc1cccc2cccc(Cl)c12. The molecule has 0 aliphatic carbocycles. The molecular formula is C15H21Cl. The van der Waals surface area contributed by atoms with Gasteiger partial charge in [0, 0.05) is 10.4 Å². The molecule has 0 N–H and O–H groups in total. The lowest BCUT2D eigenvalue weighted by Gasteiger charge is -2.02. The molecule has 0 nitrogen and oxygen atoms in total. The van der Waals surface area contributed by atoms with Gasteiger partial charge in [-0.3, -0.25) is 0 Å². The van der Waals surface area contributed by atoms with Crippen LogP contribution < -0.4 is 0 Å². The van der Waals surface area contributed by atoms with Gasteiger partial charge in [-0.2, -0.15) is 0 Å². The molecule has 0 aromatic heterocycles. The van der Waals surface area contributed by atoms with E-state index in [0.717, 1.165) is 5.02 Å². The maximum absolute atomic E-state index is 6.06. The highest BCUT2D eigenvalue weighted by molar-refractivity contribution is 6.35. The molecule has 0 saturated heterocycles. The van der Waals surface area contributed by atoms with Crippen molar-refractivity contribution >= 4 is 22.4 Å². The number of halogens is 1. The third-order valence-electron chi connectivity index (χ3n) is 2.06. The van der Waals surface area contributed by atoms with Crippen molar-refractivity contribution in [1.82, 2.24) is 0 Å². The predicted molar refractivity (Wildman–Crippen MR) is 76.4 cm³/mol. The number of benzene rings is 2. The average Bonchev–Trinajstić information content (AvgIpc) is 2.34. The molecule has 0 fully saturated rings. The topological polar surface area (TPSA) is 0 Å². The Balaban J connectivity index is 0.000000509. The number of rotatable bonds is 0. The van der Waals surface area contributed by atoms with Gasteiger partial charge >= 0.3 is 0 Å². The molecule has 16 heavy (non-hydrogen) atoms. The lowest BCUT2D eigenvalue weighted by molar-refractivity contribution is 1.50. The molecule has 0 amide bonds. The Kier molecular flexibility index (Phi) is 7.66. The first-order chi connectivity index (χ1) is 7.79. The molecule has 2 aromatic carbocycles. The largest absolute Gasteiger partial charge is 0.0837 e. The van der Waals surface area contributed by atoms with Gasteiger partial charge in [-0.15, -0.1) is 0 Å². The van der Waals surface area contributed by atoms with E-state index < -0.39 is 0 Å². The molecule has 2 rings (SSSR count). The van der Waals surface area contributed by atoms with Crippen LogP contribution in [0.25, 0.3) is 10.8 Å². The molecule has 0 saturated carbocycles. The van der Waals surface area contributed by atoms with E-state index in [0.29, 0.717) is 0 Å². The molecule has 2 aromatic rings. The first kappa shape index (κ1) is 15.0. The quantitative estimate of drug-likeness (QED) is 0.538. The maximum atomic E-state index is 6.06. The van der Waals surface area contributed by atoms with Gasteiger partial charge in [0.1, 0.15) is 0 Å². The van der Waals surface area contributed by atoms with E-state index in [1.54, 1.807) is 0 Å². The number of hydrogen-bond donors (Lipinski definition) is 0. The number of hydrogen-bond acceptors (Lipinski definition) is 0. The molecule has 0 spiro atoms. The zero-order valence-electron chi connectivity index (χ0n) is 10.8. The molecule has 1 heteroatoms. The fourth-order valence-electron chi connectivity index (χ4n) is 1.48. The third kappa shape index (κ3) is 3.53. The highest BCUT2D eigenvalue weighted by atomic mass is 35.5. The lowest BCUT2D eigenvalue weighted by Crippen LogP contribution is -1.78. The van der Waals surface area contributed by atoms with E-state index in [4.69, 9.17) is 11.6 Å². The maximum Gasteiger partial charge on any atom is 0.0487 e. The predicted octanol–water partition coefficient (Wildman–Crippen LogP) is 5.85. The van der Waals surface area contributed by atoms with Gasteiger partial charge in [0.15, 0.2) is 0 Å². The van der Waals surface area contributed by atoms with Crippen molar-refractivity contribution in [3.63, 3.8) is 0 Å². The van der Waals surface area contributed by atoms with Crippen LogP contribution in [0, 0.1) is 6.92 Å². The molecule has 0 aliphatic heterocycles. The van der Waals surface area contributed by atoms with Gasteiger partial charge in [-0.25, -0.2) is 0 Å². The summed E-state index contributed by atoms with van der Waals surface area (Å²) < 4.78 is 0. The van der Waals surface area contributed by atoms with Crippen LogP contribution >= 0.6 is 11.6 Å². The third-order valence-corrected chi connectivity index (χ3v) is 2.38. The highest BCUT2D eigenvalue weighted by Gasteiger charge is 1.99. The Morgan fingerprint density at radius 2 is 1.31 bits per heavy atom. The minimum absolute atomic E-state index is 0.839. The molecule has 0 bridgehead atoms. The van der Waals surface area contributed by atoms with Crippen LogP contribution in [0.2, 0.25) is 5.02 Å². The minimum atomic E-state index is 0.839. The van der Waals surface area contributed by atoms with E-state index in [1.807, 2.05) is 45.9 Å². The van der Waals surface area contributed by atoms with Crippen molar-refractivity contribution in [3.8, 4) is 0 Å². The van der Waals surface area contributed by atoms with Gasteiger partial charge in [0.2, 0.25) is 0 Å². The molecule has 0 aliphatic rings. The summed E-state index contributed by atoms with van der Waals surface area (Å²) in [5.74, 6) is 0. The summed E-state index contributed by atoms with van der Waals surface area (Å²) in [5.41, 5.74) is 1.23. The van der Waals surface area contributed by atoms with Crippen LogP contribution in [-0.4, -0.2) is 0 Å². The van der Waals surface area contributed by atoms with E-state index in [2.05, 4.69) is 25.1 Å². The van der Waals surface area contributed by atoms with Gasteiger partial charge in [0.05, 0.1) is 0 Å². The van der Waals surface area contributed by atoms with E-state index >= 15 is 0 Å². The summed E-state index contributed by atoms with van der Waals surface area (Å²) in [5, 5.41) is 3.22. The van der Waals surface area contributed by atoms with E-state index in [1.165, 1.54) is 16.3 Å². The van der Waals surface area contributed by atoms with Gasteiger partial charge < -0.3 is 0 Å². The summed E-state index contributed by atoms with van der Waals surface area (Å²) in [6.07, 6.45) is 0. The molecular weight excluding hydrogens is 216 g/mol. The van der Waals surface area contributed by atoms with E-state index in [-0.39, 0.29) is 0 Å². The van der Waals surface area contributed by atoms with Crippen LogP contribution in [0.5, 0.6) is 0 Å². The summed E-state index contributed by atoms with van der Waals surface area (Å²) in [6.45, 7) is 10.1. The normalized spacial score (nSPS) is 8.62. The summed E-state index contributed by atoms with van der Waals surface area (Å²) in [6, 6.07) is 12.2. The van der Waals surface area contributed by atoms with Crippen molar-refractivity contribution in [1.29, 1.82) is 0 Å². The van der Waals surface area contributed by atoms with Gasteiger partial charge in [-0.1, -0.05) is 69.6 Å². The van der Waals surface area contributed by atoms with Crippen LogP contribution in [0.1, 0.15) is 33.3 Å². The Bertz CT molecular complexity index is 382. The smallest absolute Gasteiger partial charge is 0.0487 e. The zero-order chi connectivity index (χ0) is 12.6. The second-order valence-corrected chi connectivity index (χ2v) is 3.32. The standard InChI is InChI=1S/C11H9Cl.2C2H6/c1-8-4-2-5-9-6-3-7-10(12)11(8)9;2*1-2/h2-7H,1H3;2*1-2H3. The lowest BCUT2D eigenvalue weighted by atomic mass is 10.1. The summed E-state index contributed by atoms with van der Waals surface area (Å²) in [7, 11) is 0. The van der Waals surface area contributed by atoms with Crippen molar-refractivity contribution < 1.29 is 0 Å².